The topological polar surface area (TPSA) is 9.23 Å². The van der Waals surface area contributed by atoms with Crippen LogP contribution in [0.5, 0.6) is 5.75 Å². The van der Waals surface area contributed by atoms with Gasteiger partial charge in [0, 0.05) is 0 Å². The van der Waals surface area contributed by atoms with E-state index in [1.165, 1.54) is 50.5 Å². The van der Waals surface area contributed by atoms with Crippen LogP contribution in [-0.2, 0) is 0 Å². The Balaban J connectivity index is 1.88. The van der Waals surface area contributed by atoms with Gasteiger partial charge in [0.15, 0.2) is 0 Å². The van der Waals surface area contributed by atoms with Crippen molar-refractivity contribution in [3.8, 4) is 5.75 Å². The van der Waals surface area contributed by atoms with Crippen LogP contribution in [0.4, 0.5) is 0 Å². The minimum Gasteiger partial charge on any atom is -0.493 e. The summed E-state index contributed by atoms with van der Waals surface area (Å²) in [6.45, 7) is 10.2. The maximum Gasteiger partial charge on any atom is 0.119 e. The fourth-order valence-corrected chi connectivity index (χ4v) is 3.64. The zero-order valence-electron chi connectivity index (χ0n) is 15.0. The molecule has 0 amide bonds. The molecule has 1 unspecified atom stereocenters. The molecule has 1 atom stereocenters. The van der Waals surface area contributed by atoms with Gasteiger partial charge in [-0.05, 0) is 60.6 Å². The molecule has 0 aliphatic heterocycles. The molecule has 1 fully saturated rings. The number of hydrogen-bond acceptors (Lipinski definition) is 1. The van der Waals surface area contributed by atoms with Crippen LogP contribution in [0.3, 0.4) is 0 Å². The van der Waals surface area contributed by atoms with E-state index >= 15 is 0 Å². The molecule has 1 aromatic carbocycles. The third kappa shape index (κ3) is 5.66. The van der Waals surface area contributed by atoms with Crippen molar-refractivity contribution in [3.05, 3.63) is 29.8 Å². The van der Waals surface area contributed by atoms with Crippen molar-refractivity contribution in [2.75, 3.05) is 6.61 Å². The van der Waals surface area contributed by atoms with Gasteiger partial charge in [-0.3, -0.25) is 0 Å². The van der Waals surface area contributed by atoms with Gasteiger partial charge in [-0.25, -0.2) is 0 Å². The maximum absolute atomic E-state index is 6.01. The number of rotatable bonds is 6. The minimum atomic E-state index is 0.386. The summed E-state index contributed by atoms with van der Waals surface area (Å²) in [4.78, 5) is 0. The maximum atomic E-state index is 6.01. The van der Waals surface area contributed by atoms with Gasteiger partial charge in [-0.15, -0.1) is 0 Å². The standard InChI is InChI=1S/C21H34O/c1-5-18(15-21(2,3)4)19-11-13-20(14-12-19)22-16-17-9-7-6-8-10-17/h11-14,17-18H,5-10,15-16H2,1-4H3. The zero-order chi connectivity index (χ0) is 16.0. The highest BCUT2D eigenvalue weighted by atomic mass is 16.5. The third-order valence-electron chi connectivity index (χ3n) is 4.91. The highest BCUT2D eigenvalue weighted by Gasteiger charge is 2.19. The first kappa shape index (κ1) is 17.4. The lowest BCUT2D eigenvalue weighted by molar-refractivity contribution is 0.209. The molecule has 0 radical (unpaired) electrons. The monoisotopic (exact) mass is 302 g/mol. The second kappa shape index (κ2) is 8.04. The molecule has 1 aliphatic rings. The largest absolute Gasteiger partial charge is 0.493 e. The first-order chi connectivity index (χ1) is 10.5. The van der Waals surface area contributed by atoms with Gasteiger partial charge in [-0.1, -0.05) is 59.1 Å². The Morgan fingerprint density at radius 3 is 2.23 bits per heavy atom. The van der Waals surface area contributed by atoms with Crippen LogP contribution >= 0.6 is 0 Å². The predicted octanol–water partition coefficient (Wildman–Crippen LogP) is 6.58. The molecule has 1 saturated carbocycles. The van der Waals surface area contributed by atoms with Crippen LogP contribution in [0.2, 0.25) is 0 Å². The molecule has 1 heteroatoms. The Morgan fingerprint density at radius 2 is 1.68 bits per heavy atom. The quantitative estimate of drug-likeness (QED) is 0.577. The predicted molar refractivity (Wildman–Crippen MR) is 95.6 cm³/mol. The fraction of sp³-hybridized carbons (Fsp3) is 0.714. The van der Waals surface area contributed by atoms with E-state index in [0.717, 1.165) is 18.3 Å². The van der Waals surface area contributed by atoms with Crippen LogP contribution in [0.1, 0.15) is 84.1 Å². The third-order valence-corrected chi connectivity index (χ3v) is 4.91. The Kier molecular flexibility index (Phi) is 6.35. The molecule has 2 rings (SSSR count). The van der Waals surface area contributed by atoms with Gasteiger partial charge in [-0.2, -0.15) is 0 Å². The molecule has 22 heavy (non-hydrogen) atoms. The van der Waals surface area contributed by atoms with E-state index in [2.05, 4.69) is 52.0 Å². The van der Waals surface area contributed by atoms with Crippen LogP contribution in [-0.4, -0.2) is 6.61 Å². The summed E-state index contributed by atoms with van der Waals surface area (Å²) >= 11 is 0. The molecular formula is C21H34O. The average molecular weight is 303 g/mol. The first-order valence-electron chi connectivity index (χ1n) is 9.20. The van der Waals surface area contributed by atoms with Gasteiger partial charge in [0.2, 0.25) is 0 Å². The van der Waals surface area contributed by atoms with Gasteiger partial charge < -0.3 is 4.74 Å². The lowest BCUT2D eigenvalue weighted by Gasteiger charge is -2.26. The van der Waals surface area contributed by atoms with Gasteiger partial charge >= 0.3 is 0 Å². The molecule has 0 heterocycles. The van der Waals surface area contributed by atoms with E-state index in [1.54, 1.807) is 0 Å². The van der Waals surface area contributed by atoms with Crippen molar-refractivity contribution < 1.29 is 4.74 Å². The van der Waals surface area contributed by atoms with Gasteiger partial charge in [0.25, 0.3) is 0 Å². The molecule has 1 nitrogen and oxygen atoms in total. The first-order valence-corrected chi connectivity index (χ1v) is 9.20. The van der Waals surface area contributed by atoms with E-state index in [4.69, 9.17) is 4.74 Å². The van der Waals surface area contributed by atoms with Crippen LogP contribution in [0.25, 0.3) is 0 Å². The smallest absolute Gasteiger partial charge is 0.119 e. The molecule has 0 aromatic heterocycles. The number of ether oxygens (including phenoxy) is 1. The van der Waals surface area contributed by atoms with Crippen molar-refractivity contribution >= 4 is 0 Å². The van der Waals surface area contributed by atoms with E-state index in [9.17, 15) is 0 Å². The van der Waals surface area contributed by atoms with Crippen LogP contribution in [0, 0.1) is 11.3 Å². The van der Waals surface area contributed by atoms with Gasteiger partial charge in [0.05, 0.1) is 6.61 Å². The SMILES string of the molecule is CCC(CC(C)(C)C)c1ccc(OCC2CCCCC2)cc1. The van der Waals surface area contributed by atoms with Crippen molar-refractivity contribution in [2.45, 2.75) is 78.6 Å². The second-order valence-electron chi connectivity index (χ2n) is 8.25. The average Bonchev–Trinajstić information content (AvgIpc) is 2.51. The van der Waals surface area contributed by atoms with Crippen molar-refractivity contribution in [3.63, 3.8) is 0 Å². The summed E-state index contributed by atoms with van der Waals surface area (Å²) in [7, 11) is 0. The fourth-order valence-electron chi connectivity index (χ4n) is 3.64. The molecule has 0 N–H and O–H groups in total. The summed E-state index contributed by atoms with van der Waals surface area (Å²) in [6.07, 6.45) is 9.34. The highest BCUT2D eigenvalue weighted by Crippen LogP contribution is 2.34. The Bertz CT molecular complexity index is 420. The van der Waals surface area contributed by atoms with Crippen LogP contribution < -0.4 is 4.74 Å². The van der Waals surface area contributed by atoms with Crippen LogP contribution in [0.15, 0.2) is 24.3 Å². The second-order valence-corrected chi connectivity index (χ2v) is 8.25. The Hall–Kier alpha value is -0.980. The van der Waals surface area contributed by atoms with Gasteiger partial charge in [0.1, 0.15) is 5.75 Å². The van der Waals surface area contributed by atoms with E-state index in [-0.39, 0.29) is 0 Å². The molecule has 1 aliphatic carbocycles. The highest BCUT2D eigenvalue weighted by molar-refractivity contribution is 5.29. The normalized spacial score (nSPS) is 18.2. The van der Waals surface area contributed by atoms with E-state index in [1.807, 2.05) is 0 Å². The molecule has 0 spiro atoms. The van der Waals surface area contributed by atoms with E-state index < -0.39 is 0 Å². The number of benzene rings is 1. The molecule has 0 bridgehead atoms. The summed E-state index contributed by atoms with van der Waals surface area (Å²) in [5.74, 6) is 2.48. The Labute approximate surface area is 137 Å². The lowest BCUT2D eigenvalue weighted by Crippen LogP contribution is -2.15. The summed E-state index contributed by atoms with van der Waals surface area (Å²) in [5.41, 5.74) is 1.85. The van der Waals surface area contributed by atoms with Crippen molar-refractivity contribution in [1.82, 2.24) is 0 Å². The van der Waals surface area contributed by atoms with E-state index in [0.29, 0.717) is 11.3 Å². The minimum absolute atomic E-state index is 0.386. The molecule has 0 saturated heterocycles. The molecule has 124 valence electrons. The summed E-state index contributed by atoms with van der Waals surface area (Å²) in [5, 5.41) is 0. The lowest BCUT2D eigenvalue weighted by atomic mass is 9.80. The molecular weight excluding hydrogens is 268 g/mol. The van der Waals surface area contributed by atoms with Crippen molar-refractivity contribution in [1.29, 1.82) is 0 Å². The zero-order valence-corrected chi connectivity index (χ0v) is 15.0. The Morgan fingerprint density at radius 1 is 1.05 bits per heavy atom. The number of hydrogen-bond donors (Lipinski definition) is 0. The molecule has 1 aromatic rings. The van der Waals surface area contributed by atoms with Crippen molar-refractivity contribution in [2.24, 2.45) is 11.3 Å². The summed E-state index contributed by atoms with van der Waals surface area (Å²) in [6, 6.07) is 8.89. The summed E-state index contributed by atoms with van der Waals surface area (Å²) < 4.78 is 6.01.